The lowest BCUT2D eigenvalue weighted by molar-refractivity contribution is -0.137. The molecule has 0 saturated carbocycles. The Morgan fingerprint density at radius 1 is 0.649 bits per heavy atom. The average molecular weight is 1300 g/mol. The van der Waals surface area contributed by atoms with E-state index >= 15 is 0 Å². The van der Waals surface area contributed by atoms with Gasteiger partial charge in [0.05, 0.1) is 41.8 Å². The zero-order valence-electron chi connectivity index (χ0n) is 53.3. The predicted octanol–water partition coefficient (Wildman–Crippen LogP) is -1.81. The lowest BCUT2D eigenvalue weighted by Gasteiger charge is -2.29. The minimum absolute atomic E-state index is 0.0689. The van der Waals surface area contributed by atoms with E-state index in [0.717, 1.165) is 10.1 Å². The van der Waals surface area contributed by atoms with Crippen LogP contribution in [0.2, 0.25) is 0 Å². The SMILES string of the molecule is CNC(=O)[C@@H](NC(=O)[C@@H](NC(=O)C(Cc1c[nH]c2ccccc12)NC(=O)[C@H](CC(N)=O)NC(=O)C(CC(C)C)NC(=O)[C@H](Cc1ccc(O)cc1)NC(=O)C(Cc1c[nH]cn1)NC(=O)[C@H](CCCNC(=N)N)NC(=O)Cn1cnc2ccc(C)cc2c1=O)C(C)C)[C@@H](C)O. The molecule has 3 heterocycles. The van der Waals surface area contributed by atoms with Crippen LogP contribution < -0.4 is 70.2 Å². The fraction of sp³-hybridized carbons (Fsp3) is 0.429. The van der Waals surface area contributed by atoms with E-state index in [2.05, 4.69) is 73.1 Å². The van der Waals surface area contributed by atoms with Crippen LogP contribution in [-0.2, 0) is 73.8 Å². The van der Waals surface area contributed by atoms with Crippen LogP contribution in [0.5, 0.6) is 5.75 Å². The number of amides is 10. The van der Waals surface area contributed by atoms with Crippen LogP contribution in [-0.4, -0.2) is 168 Å². The molecule has 9 atom stereocenters. The molecule has 3 unspecified atom stereocenters. The van der Waals surface area contributed by atoms with Gasteiger partial charge in [-0.05, 0) is 86.4 Å². The Morgan fingerprint density at radius 2 is 1.24 bits per heavy atom. The number of phenolic OH excluding ortho intramolecular Hbond substituents is 1. The number of benzene rings is 3. The zero-order chi connectivity index (χ0) is 68.9. The molecule has 31 nitrogen and oxygen atoms in total. The van der Waals surface area contributed by atoms with Crippen molar-refractivity contribution in [2.75, 3.05) is 13.6 Å². The molecule has 10 amide bonds. The quantitative estimate of drug-likeness (QED) is 0.0120. The number of fused-ring (bicyclic) bond motifs is 2. The van der Waals surface area contributed by atoms with Crippen LogP contribution in [0.1, 0.15) is 82.7 Å². The number of hydrogen-bond acceptors (Lipinski definition) is 16. The smallest absolute Gasteiger partial charge is 0.261 e. The third kappa shape index (κ3) is 21.2. The van der Waals surface area contributed by atoms with Crippen molar-refractivity contribution in [3.05, 3.63) is 125 Å². The van der Waals surface area contributed by atoms with Crippen LogP contribution in [0.4, 0.5) is 0 Å². The van der Waals surface area contributed by atoms with E-state index in [1.165, 1.54) is 57.1 Å². The molecule has 3 aromatic carbocycles. The Hall–Kier alpha value is -10.7. The average Bonchev–Trinajstić information content (AvgIpc) is 1.08. The third-order valence-corrected chi connectivity index (χ3v) is 15.2. The first-order chi connectivity index (χ1) is 44.6. The molecular formula is C63H84N18O13. The summed E-state index contributed by atoms with van der Waals surface area (Å²) in [6.45, 7) is 9.35. The van der Waals surface area contributed by atoms with Crippen LogP contribution >= 0.6 is 0 Å². The summed E-state index contributed by atoms with van der Waals surface area (Å²) in [6.07, 6.45) is 2.70. The molecule has 94 heavy (non-hydrogen) atoms. The fourth-order valence-electron chi connectivity index (χ4n) is 10.3. The monoisotopic (exact) mass is 1300 g/mol. The molecule has 0 fully saturated rings. The number of aromatic amines is 2. The number of carbonyl (C=O) groups is 10. The molecule has 0 aliphatic carbocycles. The van der Waals surface area contributed by atoms with Gasteiger partial charge in [0.25, 0.3) is 5.56 Å². The topological polar surface area (TPSA) is 487 Å². The van der Waals surface area contributed by atoms with E-state index < -0.39 is 138 Å². The minimum Gasteiger partial charge on any atom is -0.508 e. The summed E-state index contributed by atoms with van der Waals surface area (Å²) in [6, 6.07) is 5.85. The number of nitrogens with zero attached hydrogens (tertiary/aromatic N) is 3. The first kappa shape index (κ1) is 72.3. The number of primary amides is 1. The molecular weight excluding hydrogens is 1220 g/mol. The van der Waals surface area contributed by atoms with Crippen molar-refractivity contribution in [3.63, 3.8) is 0 Å². The molecule has 504 valence electrons. The second kappa shape index (κ2) is 34.1. The molecule has 19 N–H and O–H groups in total. The zero-order valence-corrected chi connectivity index (χ0v) is 53.3. The van der Waals surface area contributed by atoms with Crippen LogP contribution in [0.15, 0.2) is 96.6 Å². The number of imidazole rings is 1. The molecule has 6 aromatic rings. The number of guanidine groups is 1. The van der Waals surface area contributed by atoms with E-state index in [4.69, 9.17) is 16.9 Å². The van der Waals surface area contributed by atoms with Crippen molar-refractivity contribution in [1.82, 2.24) is 77.7 Å². The van der Waals surface area contributed by atoms with Gasteiger partial charge in [0.1, 0.15) is 60.6 Å². The summed E-state index contributed by atoms with van der Waals surface area (Å²) in [5.41, 5.74) is 13.8. The third-order valence-electron chi connectivity index (χ3n) is 15.2. The number of nitrogens with two attached hydrogens (primary N) is 2. The highest BCUT2D eigenvalue weighted by atomic mass is 16.3. The number of aliphatic hydroxyl groups excluding tert-OH is 1. The first-order valence-electron chi connectivity index (χ1n) is 30.5. The maximum Gasteiger partial charge on any atom is 0.261 e. The molecule has 0 aliphatic heterocycles. The van der Waals surface area contributed by atoms with Gasteiger partial charge in [-0.1, -0.05) is 69.7 Å². The predicted molar refractivity (Wildman–Crippen MR) is 345 cm³/mol. The number of aromatic hydroxyl groups is 1. The summed E-state index contributed by atoms with van der Waals surface area (Å²) in [4.78, 5) is 169. The Bertz CT molecular complexity index is 3740. The summed E-state index contributed by atoms with van der Waals surface area (Å²) < 4.78 is 1.08. The molecule has 31 heteroatoms. The highest BCUT2D eigenvalue weighted by Gasteiger charge is 2.37. The molecule has 0 spiro atoms. The van der Waals surface area contributed by atoms with Crippen molar-refractivity contribution in [2.45, 2.75) is 147 Å². The molecule has 0 aliphatic rings. The lowest BCUT2D eigenvalue weighted by atomic mass is 9.99. The lowest BCUT2D eigenvalue weighted by Crippen LogP contribution is -2.62. The number of rotatable bonds is 34. The highest BCUT2D eigenvalue weighted by molar-refractivity contribution is 6.00. The van der Waals surface area contributed by atoms with Crippen molar-refractivity contribution < 1.29 is 58.2 Å². The minimum atomic E-state index is -1.79. The number of aryl methyl sites for hydroxylation is 1. The van der Waals surface area contributed by atoms with Crippen molar-refractivity contribution >= 4 is 86.8 Å². The van der Waals surface area contributed by atoms with Gasteiger partial charge in [-0.2, -0.15) is 0 Å². The summed E-state index contributed by atoms with van der Waals surface area (Å²) in [5.74, 6) is -10.5. The summed E-state index contributed by atoms with van der Waals surface area (Å²) >= 11 is 0. The molecule has 6 rings (SSSR count). The van der Waals surface area contributed by atoms with Crippen LogP contribution in [0.3, 0.4) is 0 Å². The van der Waals surface area contributed by atoms with Gasteiger partial charge in [0.2, 0.25) is 59.1 Å². The number of carbonyl (C=O) groups excluding carboxylic acids is 10. The van der Waals surface area contributed by atoms with Gasteiger partial charge in [0.15, 0.2) is 5.96 Å². The second-order valence-electron chi connectivity index (χ2n) is 23.7. The standard InChI is InChI=1S/C63H84N18O13/c1-32(2)21-45(55(87)78-49(26-50(64)84)58(90)76-47(24-37-27-70-42-12-9-8-11-40(37)42)59(91)79-52(33(3)4)61(93)80-53(35(6)82)60(92)67-7)74-56(88)46(23-36-15-17-39(83)18-16-36)75-57(89)48(25-38-28-68-30-71-38)77-54(86)44(13-10-20-69-63(65)66)73-51(85)29-81-31-72-43-19-14-34(5)22-41(43)62(81)94/h8-9,11-12,14-19,22,27-28,30-33,35,44-49,52-53,70,82-83H,10,13,20-21,23-26,29H2,1-7H3,(H2,64,84)(H,67,92)(H,68,71)(H,73,85)(H,74,88)(H,75,89)(H,76,90)(H,77,86)(H,78,87)(H,79,91)(H,80,93)(H4,65,66,69)/t35-,44+,45?,46+,47?,48?,49+,52+,53+/m1/s1. The van der Waals surface area contributed by atoms with Gasteiger partial charge in [-0.3, -0.25) is 62.7 Å². The molecule has 0 bridgehead atoms. The Kier molecular flexibility index (Phi) is 26.2. The van der Waals surface area contributed by atoms with E-state index in [1.54, 1.807) is 83.3 Å². The van der Waals surface area contributed by atoms with Gasteiger partial charge in [-0.15, -0.1) is 0 Å². The van der Waals surface area contributed by atoms with Crippen molar-refractivity contribution in [3.8, 4) is 5.75 Å². The van der Waals surface area contributed by atoms with Crippen LogP contribution in [0.25, 0.3) is 21.8 Å². The Balaban J connectivity index is 1.26. The Morgan fingerprint density at radius 3 is 1.86 bits per heavy atom. The second-order valence-corrected chi connectivity index (χ2v) is 23.7. The van der Waals surface area contributed by atoms with Gasteiger partial charge < -0.3 is 84.8 Å². The normalized spacial score (nSPS) is 14.1. The summed E-state index contributed by atoms with van der Waals surface area (Å²) in [5, 5.41) is 55.0. The molecule has 3 aromatic heterocycles. The Labute approximate surface area is 540 Å². The van der Waals surface area contributed by atoms with Gasteiger partial charge in [0, 0.05) is 56.2 Å². The number of aromatic nitrogens is 5. The van der Waals surface area contributed by atoms with Gasteiger partial charge >= 0.3 is 0 Å². The number of aliphatic hydroxyl groups is 1. The number of H-pyrrole nitrogens is 2. The molecule has 0 saturated heterocycles. The summed E-state index contributed by atoms with van der Waals surface area (Å²) in [7, 11) is 1.32. The van der Waals surface area contributed by atoms with Crippen LogP contribution in [0, 0.1) is 24.2 Å². The number of likely N-dealkylation sites (N-methyl/N-ethyl adjacent to an activating group) is 1. The van der Waals surface area contributed by atoms with Crippen molar-refractivity contribution in [1.29, 1.82) is 5.41 Å². The van der Waals surface area contributed by atoms with E-state index in [0.29, 0.717) is 27.5 Å². The van der Waals surface area contributed by atoms with Crippen molar-refractivity contribution in [2.24, 2.45) is 23.3 Å². The number of hydrogen-bond donors (Lipinski definition) is 17. The van der Waals surface area contributed by atoms with Gasteiger partial charge in [-0.25, -0.2) is 9.97 Å². The number of para-hydroxylation sites is 1. The van der Waals surface area contributed by atoms with E-state index in [-0.39, 0.29) is 73.8 Å². The largest absolute Gasteiger partial charge is 0.508 e. The maximum atomic E-state index is 14.9. The first-order valence-corrected chi connectivity index (χ1v) is 30.5. The fourth-order valence-corrected chi connectivity index (χ4v) is 10.3. The highest BCUT2D eigenvalue weighted by Crippen LogP contribution is 2.21. The maximum absolute atomic E-state index is 14.9. The number of nitrogens with one attached hydrogen (secondary N) is 13. The van der Waals surface area contributed by atoms with E-state index in [9.17, 15) is 63.0 Å². The van der Waals surface area contributed by atoms with E-state index in [1.807, 2.05) is 0 Å². The number of phenols is 1. The molecule has 0 radical (unpaired) electrons.